The van der Waals surface area contributed by atoms with Crippen molar-refractivity contribution in [2.24, 2.45) is 4.99 Å². The number of thiazole rings is 1. The smallest absolute Gasteiger partial charge is 0.215 e. The van der Waals surface area contributed by atoms with E-state index in [1.54, 1.807) is 18.4 Å². The van der Waals surface area contributed by atoms with Gasteiger partial charge in [-0.1, -0.05) is 24.3 Å². The van der Waals surface area contributed by atoms with Crippen LogP contribution in [0.4, 0.5) is 0 Å². The van der Waals surface area contributed by atoms with Gasteiger partial charge in [0.1, 0.15) is 0 Å². The van der Waals surface area contributed by atoms with E-state index in [4.69, 9.17) is 0 Å². The SMILES string of the molecule is CN=C(NCc1cccc(CS(=O)(=O)NC)c1)N(C)Cc1csc(C)n1. The molecule has 1 aromatic heterocycles. The Bertz CT molecular complexity index is 862. The summed E-state index contributed by atoms with van der Waals surface area (Å²) >= 11 is 1.63. The first-order valence-electron chi connectivity index (χ1n) is 8.15. The Hall–Kier alpha value is -1.97. The van der Waals surface area contributed by atoms with Crippen molar-refractivity contribution in [2.45, 2.75) is 25.8 Å². The number of rotatable bonds is 7. The average Bonchev–Trinajstić information content (AvgIpc) is 3.00. The lowest BCUT2D eigenvalue weighted by Crippen LogP contribution is -2.38. The fourth-order valence-electron chi connectivity index (χ4n) is 2.49. The van der Waals surface area contributed by atoms with Gasteiger partial charge in [-0.05, 0) is 25.1 Å². The van der Waals surface area contributed by atoms with Crippen LogP contribution in [0.1, 0.15) is 21.8 Å². The number of sulfonamides is 1. The molecule has 0 aliphatic heterocycles. The first-order valence-corrected chi connectivity index (χ1v) is 10.7. The molecule has 1 aromatic carbocycles. The van der Waals surface area contributed by atoms with Crippen molar-refractivity contribution < 1.29 is 8.42 Å². The van der Waals surface area contributed by atoms with Gasteiger partial charge in [-0.25, -0.2) is 18.1 Å². The molecule has 142 valence electrons. The third-order valence-electron chi connectivity index (χ3n) is 3.75. The molecule has 0 amide bonds. The third-order valence-corrected chi connectivity index (χ3v) is 5.91. The van der Waals surface area contributed by atoms with Crippen LogP contribution in [-0.4, -0.2) is 45.4 Å². The van der Waals surface area contributed by atoms with E-state index in [0.29, 0.717) is 13.1 Å². The molecule has 26 heavy (non-hydrogen) atoms. The van der Waals surface area contributed by atoms with Crippen LogP contribution in [0.15, 0.2) is 34.6 Å². The molecule has 7 nitrogen and oxygen atoms in total. The summed E-state index contributed by atoms with van der Waals surface area (Å²) in [6, 6.07) is 7.52. The van der Waals surface area contributed by atoms with E-state index < -0.39 is 10.0 Å². The summed E-state index contributed by atoms with van der Waals surface area (Å²) in [5.74, 6) is 0.721. The summed E-state index contributed by atoms with van der Waals surface area (Å²) in [6.45, 7) is 3.22. The third kappa shape index (κ3) is 6.08. The summed E-state index contributed by atoms with van der Waals surface area (Å²) in [6.07, 6.45) is 0. The number of nitrogens with zero attached hydrogens (tertiary/aromatic N) is 3. The van der Waals surface area contributed by atoms with Crippen LogP contribution < -0.4 is 10.0 Å². The monoisotopic (exact) mass is 395 g/mol. The van der Waals surface area contributed by atoms with Gasteiger partial charge in [-0.2, -0.15) is 0 Å². The zero-order chi connectivity index (χ0) is 19.2. The second-order valence-electron chi connectivity index (χ2n) is 5.90. The molecule has 9 heteroatoms. The molecule has 0 bridgehead atoms. The number of aromatic nitrogens is 1. The number of guanidine groups is 1. The maximum absolute atomic E-state index is 11.7. The fourth-order valence-corrected chi connectivity index (χ4v) is 3.85. The van der Waals surface area contributed by atoms with Crippen molar-refractivity contribution in [3.05, 3.63) is 51.5 Å². The van der Waals surface area contributed by atoms with Gasteiger partial charge in [-0.15, -0.1) is 11.3 Å². The minimum absolute atomic E-state index is 0.0326. The van der Waals surface area contributed by atoms with Crippen molar-refractivity contribution in [3.63, 3.8) is 0 Å². The van der Waals surface area contributed by atoms with Crippen LogP contribution in [0.2, 0.25) is 0 Å². The largest absolute Gasteiger partial charge is 0.352 e. The van der Waals surface area contributed by atoms with E-state index >= 15 is 0 Å². The lowest BCUT2D eigenvalue weighted by Gasteiger charge is -2.21. The van der Waals surface area contributed by atoms with Crippen LogP contribution in [0, 0.1) is 6.92 Å². The summed E-state index contributed by atoms with van der Waals surface area (Å²) in [5.41, 5.74) is 2.75. The van der Waals surface area contributed by atoms with Gasteiger partial charge in [0.2, 0.25) is 10.0 Å². The fraction of sp³-hybridized carbons (Fsp3) is 0.412. The molecule has 2 N–H and O–H groups in total. The first-order chi connectivity index (χ1) is 12.3. The number of aryl methyl sites for hydroxylation is 1. The molecule has 0 fully saturated rings. The molecule has 0 unspecified atom stereocenters. The number of benzene rings is 1. The first kappa shape index (κ1) is 20.3. The topological polar surface area (TPSA) is 86.7 Å². The Morgan fingerprint density at radius 2 is 2.08 bits per heavy atom. The molecular formula is C17H25N5O2S2. The number of hydrogen-bond acceptors (Lipinski definition) is 5. The minimum Gasteiger partial charge on any atom is -0.352 e. The molecule has 0 saturated carbocycles. The van der Waals surface area contributed by atoms with Crippen LogP contribution in [0.3, 0.4) is 0 Å². The molecule has 1 heterocycles. The lowest BCUT2D eigenvalue weighted by atomic mass is 10.1. The summed E-state index contributed by atoms with van der Waals surface area (Å²) in [4.78, 5) is 10.8. The van der Waals surface area contributed by atoms with E-state index in [0.717, 1.165) is 27.8 Å². The number of hydrogen-bond donors (Lipinski definition) is 2. The average molecular weight is 396 g/mol. The Kier molecular flexibility index (Phi) is 7.13. The van der Waals surface area contributed by atoms with Crippen molar-refractivity contribution >= 4 is 27.3 Å². The second kappa shape index (κ2) is 9.11. The number of aliphatic imine (C=N–C) groups is 1. The van der Waals surface area contributed by atoms with Gasteiger partial charge < -0.3 is 10.2 Å². The van der Waals surface area contributed by atoms with Crippen molar-refractivity contribution in [1.29, 1.82) is 0 Å². The molecule has 0 aliphatic rings. The van der Waals surface area contributed by atoms with Gasteiger partial charge in [0, 0.05) is 26.0 Å². The van der Waals surface area contributed by atoms with Gasteiger partial charge in [0.25, 0.3) is 0 Å². The maximum Gasteiger partial charge on any atom is 0.215 e. The zero-order valence-corrected chi connectivity index (χ0v) is 17.1. The molecule has 0 saturated heterocycles. The normalized spacial score (nSPS) is 12.2. The van der Waals surface area contributed by atoms with Gasteiger partial charge >= 0.3 is 0 Å². The van der Waals surface area contributed by atoms with Crippen molar-refractivity contribution in [3.8, 4) is 0 Å². The second-order valence-corrected chi connectivity index (χ2v) is 8.89. The summed E-state index contributed by atoms with van der Waals surface area (Å²) < 4.78 is 25.7. The van der Waals surface area contributed by atoms with E-state index in [1.165, 1.54) is 7.05 Å². The molecule has 2 rings (SSSR count). The predicted octanol–water partition coefficient (Wildman–Crippen LogP) is 1.71. The van der Waals surface area contributed by atoms with E-state index in [1.807, 2.05) is 48.5 Å². The zero-order valence-electron chi connectivity index (χ0n) is 15.5. The Morgan fingerprint density at radius 3 is 2.69 bits per heavy atom. The molecule has 0 spiro atoms. The quantitative estimate of drug-likeness (QED) is 0.551. The minimum atomic E-state index is -3.28. The highest BCUT2D eigenvalue weighted by Gasteiger charge is 2.11. The highest BCUT2D eigenvalue weighted by atomic mass is 32.2. The Morgan fingerprint density at radius 1 is 1.35 bits per heavy atom. The van der Waals surface area contributed by atoms with Gasteiger partial charge in [-0.3, -0.25) is 4.99 Å². The van der Waals surface area contributed by atoms with Crippen LogP contribution in [-0.2, 0) is 28.9 Å². The maximum atomic E-state index is 11.7. The van der Waals surface area contributed by atoms with Gasteiger partial charge in [0.15, 0.2) is 5.96 Å². The molecule has 0 atom stereocenters. The van der Waals surface area contributed by atoms with E-state index in [-0.39, 0.29) is 5.75 Å². The highest BCUT2D eigenvalue weighted by molar-refractivity contribution is 7.88. The van der Waals surface area contributed by atoms with Gasteiger partial charge in [0.05, 0.1) is 23.0 Å². The highest BCUT2D eigenvalue weighted by Crippen LogP contribution is 2.11. The van der Waals surface area contributed by atoms with Crippen LogP contribution in [0.5, 0.6) is 0 Å². The van der Waals surface area contributed by atoms with Crippen LogP contribution in [0.25, 0.3) is 0 Å². The predicted molar refractivity (Wildman–Crippen MR) is 107 cm³/mol. The molecule has 0 aliphatic carbocycles. The van der Waals surface area contributed by atoms with E-state index in [2.05, 4.69) is 20.0 Å². The van der Waals surface area contributed by atoms with E-state index in [9.17, 15) is 8.42 Å². The van der Waals surface area contributed by atoms with Crippen molar-refractivity contribution in [2.75, 3.05) is 21.1 Å². The molecule has 2 aromatic rings. The lowest BCUT2D eigenvalue weighted by molar-refractivity contribution is 0.470. The van der Waals surface area contributed by atoms with Crippen LogP contribution >= 0.6 is 11.3 Å². The standard InChI is InChI=1S/C17H25N5O2S2/c1-13-21-16(11-25-13)10-22(4)17(18-2)20-9-14-6-5-7-15(8-14)12-26(23,24)19-3/h5-8,11,19H,9-10,12H2,1-4H3,(H,18,20). The summed E-state index contributed by atoms with van der Waals surface area (Å²) in [5, 5.41) is 6.40. The van der Waals surface area contributed by atoms with Crippen molar-refractivity contribution in [1.82, 2.24) is 19.9 Å². The summed E-state index contributed by atoms with van der Waals surface area (Å²) in [7, 11) is 1.84. The Labute approximate surface area is 159 Å². The molecular weight excluding hydrogens is 370 g/mol. The molecule has 0 radical (unpaired) electrons. The number of nitrogens with one attached hydrogen (secondary N) is 2. The Balaban J connectivity index is 1.97.